The van der Waals surface area contributed by atoms with E-state index in [0.717, 1.165) is 0 Å². The van der Waals surface area contributed by atoms with Crippen LogP contribution in [0.1, 0.15) is 36.7 Å². The minimum atomic E-state index is -1.29. The van der Waals surface area contributed by atoms with Gasteiger partial charge in [0, 0.05) is 24.5 Å². The summed E-state index contributed by atoms with van der Waals surface area (Å²) in [4.78, 5) is 35.7. The van der Waals surface area contributed by atoms with Gasteiger partial charge in [-0.1, -0.05) is 0 Å². The minimum Gasteiger partial charge on any atom is -0.462 e. The first-order valence-electron chi connectivity index (χ1n) is 7.55. The summed E-state index contributed by atoms with van der Waals surface area (Å²) in [6, 6.07) is 3.23. The highest BCUT2D eigenvalue weighted by molar-refractivity contribution is 9.10. The standard InChI is InChI=1S/C17H18BrNO6/c1-5-23-14(20)10-6-9(2)13(12(18)7-10)19-8-11-15(21)24-17(3,4)25-16(11)22/h6-8,19H,5H2,1-4H3. The van der Waals surface area contributed by atoms with Crippen molar-refractivity contribution < 1.29 is 28.6 Å². The third-order valence-corrected chi connectivity index (χ3v) is 3.90. The monoisotopic (exact) mass is 411 g/mol. The largest absolute Gasteiger partial charge is 0.462 e. The molecule has 0 saturated carbocycles. The molecular formula is C17H18BrNO6. The molecule has 0 amide bonds. The molecule has 1 N–H and O–H groups in total. The lowest BCUT2D eigenvalue weighted by atomic mass is 10.1. The second kappa shape index (κ2) is 7.26. The van der Waals surface area contributed by atoms with Gasteiger partial charge in [-0.25, -0.2) is 14.4 Å². The molecule has 0 unspecified atom stereocenters. The fourth-order valence-electron chi connectivity index (χ4n) is 2.18. The van der Waals surface area contributed by atoms with Gasteiger partial charge in [0.05, 0.1) is 17.9 Å². The second-order valence-electron chi connectivity index (χ2n) is 5.75. The van der Waals surface area contributed by atoms with Crippen molar-refractivity contribution in [1.82, 2.24) is 0 Å². The smallest absolute Gasteiger partial charge is 0.350 e. The Balaban J connectivity index is 2.25. The fraction of sp³-hybridized carbons (Fsp3) is 0.353. The molecule has 0 aliphatic carbocycles. The van der Waals surface area contributed by atoms with Gasteiger partial charge in [-0.05, 0) is 47.5 Å². The maximum Gasteiger partial charge on any atom is 0.350 e. The van der Waals surface area contributed by atoms with Crippen LogP contribution in [0.15, 0.2) is 28.4 Å². The molecule has 134 valence electrons. The molecule has 1 saturated heterocycles. The Hall–Kier alpha value is -2.35. The molecule has 1 aliphatic heterocycles. The average Bonchev–Trinajstić information content (AvgIpc) is 2.47. The Morgan fingerprint density at radius 3 is 2.40 bits per heavy atom. The molecule has 1 fully saturated rings. The predicted octanol–water partition coefficient (Wildman–Crippen LogP) is 3.07. The number of anilines is 1. The molecule has 2 rings (SSSR count). The van der Waals surface area contributed by atoms with Gasteiger partial charge in [0.1, 0.15) is 0 Å². The van der Waals surface area contributed by atoms with Crippen LogP contribution in [0.5, 0.6) is 0 Å². The molecule has 1 aliphatic rings. The van der Waals surface area contributed by atoms with Gasteiger partial charge in [0.25, 0.3) is 5.79 Å². The lowest BCUT2D eigenvalue weighted by molar-refractivity contribution is -0.222. The van der Waals surface area contributed by atoms with E-state index in [9.17, 15) is 14.4 Å². The highest BCUT2D eigenvalue weighted by atomic mass is 79.9. The summed E-state index contributed by atoms with van der Waals surface area (Å²) in [7, 11) is 0. The van der Waals surface area contributed by atoms with Gasteiger partial charge in [0.2, 0.25) is 0 Å². The van der Waals surface area contributed by atoms with Crippen molar-refractivity contribution in [1.29, 1.82) is 0 Å². The minimum absolute atomic E-state index is 0.250. The number of nitrogens with one attached hydrogen (secondary N) is 1. The molecule has 0 aromatic heterocycles. The Morgan fingerprint density at radius 1 is 1.28 bits per heavy atom. The zero-order chi connectivity index (χ0) is 18.8. The Bertz CT molecular complexity index is 723. The molecule has 8 heteroatoms. The van der Waals surface area contributed by atoms with E-state index in [1.807, 2.05) is 0 Å². The van der Waals surface area contributed by atoms with Crippen LogP contribution in [0.2, 0.25) is 0 Å². The van der Waals surface area contributed by atoms with Crippen LogP contribution in [-0.2, 0) is 23.8 Å². The molecule has 1 aromatic rings. The van der Waals surface area contributed by atoms with Crippen molar-refractivity contribution >= 4 is 39.5 Å². The van der Waals surface area contributed by atoms with Crippen LogP contribution < -0.4 is 5.32 Å². The predicted molar refractivity (Wildman–Crippen MR) is 92.8 cm³/mol. The van der Waals surface area contributed by atoms with Crippen LogP contribution >= 0.6 is 15.9 Å². The van der Waals surface area contributed by atoms with Crippen LogP contribution in [0.3, 0.4) is 0 Å². The molecule has 0 bridgehead atoms. The third kappa shape index (κ3) is 4.39. The average molecular weight is 412 g/mol. The van der Waals surface area contributed by atoms with E-state index in [-0.39, 0.29) is 12.2 Å². The number of cyclic esters (lactones) is 2. The first-order chi connectivity index (χ1) is 11.6. The number of carbonyl (C=O) groups is 3. The van der Waals surface area contributed by atoms with Gasteiger partial charge in [-0.15, -0.1) is 0 Å². The highest BCUT2D eigenvalue weighted by Crippen LogP contribution is 2.29. The summed E-state index contributed by atoms with van der Waals surface area (Å²) in [5.74, 6) is -3.27. The molecule has 0 spiro atoms. The van der Waals surface area contributed by atoms with Gasteiger partial charge < -0.3 is 19.5 Å². The zero-order valence-corrected chi connectivity index (χ0v) is 15.9. The van der Waals surface area contributed by atoms with Crippen molar-refractivity contribution in [2.45, 2.75) is 33.5 Å². The van der Waals surface area contributed by atoms with Gasteiger partial charge in [-0.2, -0.15) is 0 Å². The number of rotatable bonds is 4. The van der Waals surface area contributed by atoms with Crippen molar-refractivity contribution in [3.63, 3.8) is 0 Å². The number of hydrogen-bond donors (Lipinski definition) is 1. The second-order valence-corrected chi connectivity index (χ2v) is 6.61. The van der Waals surface area contributed by atoms with E-state index >= 15 is 0 Å². The molecule has 1 aromatic carbocycles. The lowest BCUT2D eigenvalue weighted by Gasteiger charge is -2.29. The van der Waals surface area contributed by atoms with Crippen LogP contribution in [0, 0.1) is 6.92 Å². The van der Waals surface area contributed by atoms with Crippen LogP contribution in [0.4, 0.5) is 5.69 Å². The Labute approximate surface area is 153 Å². The summed E-state index contributed by atoms with van der Waals surface area (Å²) >= 11 is 3.36. The van der Waals surface area contributed by atoms with Gasteiger partial charge in [-0.3, -0.25) is 0 Å². The lowest BCUT2D eigenvalue weighted by Crippen LogP contribution is -2.42. The van der Waals surface area contributed by atoms with E-state index in [1.54, 1.807) is 26.0 Å². The topological polar surface area (TPSA) is 90.9 Å². The molecule has 25 heavy (non-hydrogen) atoms. The normalized spacial score (nSPS) is 16.0. The van der Waals surface area contributed by atoms with Gasteiger partial charge in [0.15, 0.2) is 5.57 Å². The van der Waals surface area contributed by atoms with E-state index in [1.165, 1.54) is 20.0 Å². The first kappa shape index (κ1) is 19.0. The number of aryl methyl sites for hydroxylation is 1. The van der Waals surface area contributed by atoms with E-state index in [2.05, 4.69) is 21.2 Å². The molecule has 0 atom stereocenters. The fourth-order valence-corrected chi connectivity index (χ4v) is 2.86. The first-order valence-corrected chi connectivity index (χ1v) is 8.34. The highest BCUT2D eigenvalue weighted by Gasteiger charge is 2.39. The van der Waals surface area contributed by atoms with E-state index < -0.39 is 23.7 Å². The number of hydrogen-bond acceptors (Lipinski definition) is 7. The number of benzene rings is 1. The Kier molecular flexibility index (Phi) is 5.52. The quantitative estimate of drug-likeness (QED) is 0.462. The van der Waals surface area contributed by atoms with E-state index in [0.29, 0.717) is 21.3 Å². The van der Waals surface area contributed by atoms with Crippen molar-refractivity contribution in [2.75, 3.05) is 11.9 Å². The number of esters is 3. The number of carbonyl (C=O) groups excluding carboxylic acids is 3. The summed E-state index contributed by atoms with van der Waals surface area (Å²) in [5, 5.41) is 2.87. The molecule has 7 nitrogen and oxygen atoms in total. The number of halogens is 1. The third-order valence-electron chi connectivity index (χ3n) is 3.28. The van der Waals surface area contributed by atoms with E-state index in [4.69, 9.17) is 14.2 Å². The maximum absolute atomic E-state index is 11.9. The van der Waals surface area contributed by atoms with Crippen molar-refractivity contribution in [3.8, 4) is 0 Å². The van der Waals surface area contributed by atoms with Crippen molar-refractivity contribution in [2.24, 2.45) is 0 Å². The van der Waals surface area contributed by atoms with Crippen LogP contribution in [0.25, 0.3) is 0 Å². The van der Waals surface area contributed by atoms with Crippen LogP contribution in [-0.4, -0.2) is 30.3 Å². The SMILES string of the molecule is CCOC(=O)c1cc(C)c(NC=C2C(=O)OC(C)(C)OC2=O)c(Br)c1. The molecular weight excluding hydrogens is 394 g/mol. The Morgan fingerprint density at radius 2 is 1.88 bits per heavy atom. The summed E-state index contributed by atoms with van der Waals surface area (Å²) < 4.78 is 15.6. The summed E-state index contributed by atoms with van der Waals surface area (Å²) in [6.07, 6.45) is 1.22. The molecule has 0 radical (unpaired) electrons. The van der Waals surface area contributed by atoms with Gasteiger partial charge >= 0.3 is 17.9 Å². The summed E-state index contributed by atoms with van der Waals surface area (Å²) in [5.41, 5.74) is 1.45. The zero-order valence-electron chi connectivity index (χ0n) is 14.3. The van der Waals surface area contributed by atoms with Crippen molar-refractivity contribution in [3.05, 3.63) is 39.5 Å². The number of ether oxygens (including phenoxy) is 3. The maximum atomic E-state index is 11.9. The summed E-state index contributed by atoms with van der Waals surface area (Å²) in [6.45, 7) is 6.73. The molecule has 1 heterocycles.